The third-order valence-corrected chi connectivity index (χ3v) is 4.86. The number of carbonyl (C=O) groups is 1. The summed E-state index contributed by atoms with van der Waals surface area (Å²) in [6, 6.07) is 9.65. The Morgan fingerprint density at radius 3 is 2.52 bits per heavy atom. The maximum atomic E-state index is 12.4. The number of pyridine rings is 1. The van der Waals surface area contributed by atoms with E-state index in [1.165, 1.54) is 12.8 Å². The Hall–Kier alpha value is -2.76. The Morgan fingerprint density at radius 1 is 1.11 bits per heavy atom. The highest BCUT2D eigenvalue weighted by Crippen LogP contribution is 2.28. The van der Waals surface area contributed by atoms with Gasteiger partial charge in [0, 0.05) is 19.5 Å². The van der Waals surface area contributed by atoms with E-state index < -0.39 is 0 Å². The van der Waals surface area contributed by atoms with Crippen LogP contribution in [0.15, 0.2) is 30.3 Å². The van der Waals surface area contributed by atoms with Crippen LogP contribution < -0.4 is 19.7 Å². The SMILES string of the molecule is COc1ccc(CCC(=O)Nc2ccc(N3CCCC3)nc2C)cc1OC. The fourth-order valence-corrected chi connectivity index (χ4v) is 3.31. The number of aromatic nitrogens is 1. The van der Waals surface area contributed by atoms with E-state index in [-0.39, 0.29) is 5.91 Å². The maximum absolute atomic E-state index is 12.4. The molecule has 1 aromatic carbocycles. The van der Waals surface area contributed by atoms with Crippen molar-refractivity contribution in [1.82, 2.24) is 4.98 Å². The van der Waals surface area contributed by atoms with Gasteiger partial charge in [0.1, 0.15) is 5.82 Å². The molecule has 1 fully saturated rings. The molecular formula is C21H27N3O3. The Balaban J connectivity index is 1.57. The van der Waals surface area contributed by atoms with Crippen molar-refractivity contribution in [3.05, 3.63) is 41.6 Å². The van der Waals surface area contributed by atoms with E-state index in [1.54, 1.807) is 14.2 Å². The molecule has 1 aromatic heterocycles. The molecular weight excluding hydrogens is 342 g/mol. The molecule has 0 bridgehead atoms. The van der Waals surface area contributed by atoms with Gasteiger partial charge in [0.15, 0.2) is 11.5 Å². The summed E-state index contributed by atoms with van der Waals surface area (Å²) in [6.45, 7) is 4.05. The number of nitrogens with zero attached hydrogens (tertiary/aromatic N) is 2. The van der Waals surface area contributed by atoms with Gasteiger partial charge in [-0.05, 0) is 56.0 Å². The second-order valence-electron chi connectivity index (χ2n) is 6.73. The Bertz CT molecular complexity index is 801. The number of anilines is 2. The first-order valence-corrected chi connectivity index (χ1v) is 9.34. The summed E-state index contributed by atoms with van der Waals surface area (Å²) >= 11 is 0. The van der Waals surface area contributed by atoms with E-state index in [0.717, 1.165) is 35.9 Å². The molecule has 2 heterocycles. The summed E-state index contributed by atoms with van der Waals surface area (Å²) in [4.78, 5) is 19.3. The van der Waals surface area contributed by atoms with Crippen molar-refractivity contribution >= 4 is 17.4 Å². The highest BCUT2D eigenvalue weighted by molar-refractivity contribution is 5.91. The molecule has 6 heteroatoms. The zero-order valence-corrected chi connectivity index (χ0v) is 16.2. The third kappa shape index (κ3) is 4.70. The molecule has 1 aliphatic rings. The van der Waals surface area contributed by atoms with Crippen LogP contribution in [0.3, 0.4) is 0 Å². The fourth-order valence-electron chi connectivity index (χ4n) is 3.31. The van der Waals surface area contributed by atoms with Gasteiger partial charge in [0.25, 0.3) is 0 Å². The van der Waals surface area contributed by atoms with Crippen LogP contribution in [-0.2, 0) is 11.2 Å². The molecule has 1 saturated heterocycles. The van der Waals surface area contributed by atoms with Gasteiger partial charge < -0.3 is 19.7 Å². The van der Waals surface area contributed by atoms with Crippen molar-refractivity contribution in [1.29, 1.82) is 0 Å². The number of hydrogen-bond acceptors (Lipinski definition) is 5. The number of amides is 1. The average Bonchev–Trinajstić information content (AvgIpc) is 3.22. The number of methoxy groups -OCH3 is 2. The van der Waals surface area contributed by atoms with E-state index in [0.29, 0.717) is 24.3 Å². The molecule has 1 N–H and O–H groups in total. The predicted octanol–water partition coefficient (Wildman–Crippen LogP) is 3.58. The molecule has 1 amide bonds. The van der Waals surface area contributed by atoms with Crippen molar-refractivity contribution in [3.63, 3.8) is 0 Å². The molecule has 0 aliphatic carbocycles. The first-order chi connectivity index (χ1) is 13.1. The number of ether oxygens (including phenoxy) is 2. The van der Waals surface area contributed by atoms with Crippen molar-refractivity contribution in [3.8, 4) is 11.5 Å². The zero-order valence-electron chi connectivity index (χ0n) is 16.2. The van der Waals surface area contributed by atoms with E-state index in [2.05, 4.69) is 15.2 Å². The van der Waals surface area contributed by atoms with Crippen molar-refractivity contribution in [2.24, 2.45) is 0 Å². The molecule has 0 unspecified atom stereocenters. The van der Waals surface area contributed by atoms with E-state index >= 15 is 0 Å². The third-order valence-electron chi connectivity index (χ3n) is 4.86. The van der Waals surface area contributed by atoms with Crippen molar-refractivity contribution in [2.45, 2.75) is 32.6 Å². The number of hydrogen-bond donors (Lipinski definition) is 1. The monoisotopic (exact) mass is 369 g/mol. The van der Waals surface area contributed by atoms with Crippen molar-refractivity contribution in [2.75, 3.05) is 37.5 Å². The van der Waals surface area contributed by atoms with Crippen LogP contribution in [0.4, 0.5) is 11.5 Å². The minimum atomic E-state index is -0.0244. The van der Waals surface area contributed by atoms with Crippen LogP contribution in [0.25, 0.3) is 0 Å². The van der Waals surface area contributed by atoms with Gasteiger partial charge >= 0.3 is 0 Å². The second kappa shape index (κ2) is 8.75. The van der Waals surface area contributed by atoms with Gasteiger partial charge in [-0.2, -0.15) is 0 Å². The van der Waals surface area contributed by atoms with E-state index in [9.17, 15) is 4.79 Å². The Labute approximate surface area is 160 Å². The second-order valence-corrected chi connectivity index (χ2v) is 6.73. The van der Waals surface area contributed by atoms with Gasteiger partial charge in [0.05, 0.1) is 25.6 Å². The predicted molar refractivity (Wildman–Crippen MR) is 107 cm³/mol. The number of benzene rings is 1. The standard InChI is InChI=1S/C21H27N3O3/c1-15-17(8-10-20(22-15)24-12-4-5-13-24)23-21(25)11-7-16-6-9-18(26-2)19(14-16)27-3/h6,8-10,14H,4-5,7,11-13H2,1-3H3,(H,23,25). The molecule has 27 heavy (non-hydrogen) atoms. The van der Waals surface area contributed by atoms with E-state index in [1.807, 2.05) is 37.3 Å². The minimum Gasteiger partial charge on any atom is -0.493 e. The molecule has 0 spiro atoms. The van der Waals surface area contributed by atoms with Gasteiger partial charge in [-0.15, -0.1) is 0 Å². The highest BCUT2D eigenvalue weighted by Gasteiger charge is 2.15. The summed E-state index contributed by atoms with van der Waals surface area (Å²) in [5.74, 6) is 2.33. The molecule has 2 aromatic rings. The van der Waals surface area contributed by atoms with Crippen molar-refractivity contribution < 1.29 is 14.3 Å². The zero-order chi connectivity index (χ0) is 19.2. The van der Waals surface area contributed by atoms with Crippen LogP contribution in [0, 0.1) is 6.92 Å². The Kier molecular flexibility index (Phi) is 6.16. The van der Waals surface area contributed by atoms with Crippen LogP contribution in [0.2, 0.25) is 0 Å². The van der Waals surface area contributed by atoms with Gasteiger partial charge in [-0.25, -0.2) is 4.98 Å². The lowest BCUT2D eigenvalue weighted by molar-refractivity contribution is -0.116. The summed E-state index contributed by atoms with van der Waals surface area (Å²) in [7, 11) is 3.21. The topological polar surface area (TPSA) is 63.7 Å². The van der Waals surface area contributed by atoms with Gasteiger partial charge in [-0.3, -0.25) is 4.79 Å². The summed E-state index contributed by atoms with van der Waals surface area (Å²) in [5, 5.41) is 2.97. The lowest BCUT2D eigenvalue weighted by atomic mass is 10.1. The number of rotatable bonds is 7. The largest absolute Gasteiger partial charge is 0.493 e. The van der Waals surface area contributed by atoms with Crippen LogP contribution in [0.5, 0.6) is 11.5 Å². The summed E-state index contributed by atoms with van der Waals surface area (Å²) in [6.07, 6.45) is 3.46. The summed E-state index contributed by atoms with van der Waals surface area (Å²) in [5.41, 5.74) is 2.65. The maximum Gasteiger partial charge on any atom is 0.224 e. The first kappa shape index (κ1) is 19.0. The highest BCUT2D eigenvalue weighted by atomic mass is 16.5. The number of carbonyl (C=O) groups excluding carboxylic acids is 1. The smallest absolute Gasteiger partial charge is 0.224 e. The molecule has 144 valence electrons. The summed E-state index contributed by atoms with van der Waals surface area (Å²) < 4.78 is 10.6. The minimum absolute atomic E-state index is 0.0244. The van der Waals surface area contributed by atoms with Crippen LogP contribution >= 0.6 is 0 Å². The lowest BCUT2D eigenvalue weighted by Crippen LogP contribution is -2.20. The fraction of sp³-hybridized carbons (Fsp3) is 0.429. The Morgan fingerprint density at radius 2 is 1.85 bits per heavy atom. The average molecular weight is 369 g/mol. The van der Waals surface area contributed by atoms with E-state index in [4.69, 9.17) is 9.47 Å². The lowest BCUT2D eigenvalue weighted by Gasteiger charge is -2.18. The number of nitrogens with one attached hydrogen (secondary N) is 1. The van der Waals surface area contributed by atoms with Gasteiger partial charge in [0.2, 0.25) is 5.91 Å². The molecule has 0 saturated carbocycles. The molecule has 3 rings (SSSR count). The molecule has 0 radical (unpaired) electrons. The number of aryl methyl sites for hydroxylation is 2. The first-order valence-electron chi connectivity index (χ1n) is 9.34. The normalized spacial score (nSPS) is 13.5. The van der Waals surface area contributed by atoms with Gasteiger partial charge in [-0.1, -0.05) is 6.07 Å². The molecule has 1 aliphatic heterocycles. The van der Waals surface area contributed by atoms with Crippen LogP contribution in [0.1, 0.15) is 30.5 Å². The quantitative estimate of drug-likeness (QED) is 0.808. The van der Waals surface area contributed by atoms with Crippen LogP contribution in [-0.4, -0.2) is 38.2 Å². The molecule has 0 atom stereocenters. The molecule has 6 nitrogen and oxygen atoms in total.